The fourth-order valence-electron chi connectivity index (χ4n) is 3.67. The molecule has 0 unspecified atom stereocenters. The first-order valence-electron chi connectivity index (χ1n) is 8.69. The molecule has 0 fully saturated rings. The van der Waals surface area contributed by atoms with E-state index in [1.807, 2.05) is 45.9 Å². The summed E-state index contributed by atoms with van der Waals surface area (Å²) in [4.78, 5) is -1.87. The molecule has 28 heavy (non-hydrogen) atoms. The molecule has 0 amide bonds. The molecule has 150 valence electrons. The van der Waals surface area contributed by atoms with Crippen molar-refractivity contribution in [2.24, 2.45) is 0 Å². The second kappa shape index (κ2) is 5.83. The van der Waals surface area contributed by atoms with E-state index < -0.39 is 15.1 Å². The largest absolute Gasteiger partial charge is 0.310 e. The molecule has 0 spiro atoms. The van der Waals surface area contributed by atoms with Crippen LogP contribution in [0.4, 0.5) is 19.4 Å². The minimum atomic E-state index is -9.65. The van der Waals surface area contributed by atoms with Gasteiger partial charge in [-0.3, -0.25) is 0 Å². The van der Waals surface area contributed by atoms with Crippen molar-refractivity contribution in [1.29, 1.82) is 0 Å². The third-order valence-corrected chi connectivity index (χ3v) is 5.97. The van der Waals surface area contributed by atoms with Crippen LogP contribution in [0, 0.1) is 27.7 Å². The summed E-state index contributed by atoms with van der Waals surface area (Å²) in [6.07, 6.45) is 0. The Balaban J connectivity index is 2.03. The minimum absolute atomic E-state index is 0.457. The Hall–Kier alpha value is -2.34. The third-order valence-electron chi connectivity index (χ3n) is 4.80. The smallest absolute Gasteiger partial charge is 0.0936 e. The average molecular weight is 412 g/mol. The van der Waals surface area contributed by atoms with Gasteiger partial charge in [-0.2, -0.15) is 0 Å². The molecule has 0 radical (unpaired) electrons. The Kier molecular flexibility index (Phi) is 4.25. The van der Waals surface area contributed by atoms with Crippen molar-refractivity contribution >= 4 is 10.2 Å². The normalized spacial score (nSPS) is 14.5. The SMILES string of the molecule is Cc1cc(C)c(-c2ccc(-c3ccc(S(F)(F)(F)(F)F)cc3)c(C)c2)c(C)c1. The molecule has 3 aromatic rings. The van der Waals surface area contributed by atoms with E-state index in [9.17, 15) is 19.4 Å². The summed E-state index contributed by atoms with van der Waals surface area (Å²) in [7, 11) is -9.65. The van der Waals surface area contributed by atoms with Crippen LogP contribution in [0.25, 0.3) is 22.3 Å². The molecule has 0 aliphatic rings. The number of halogens is 5. The van der Waals surface area contributed by atoms with Crippen molar-refractivity contribution < 1.29 is 19.4 Å². The zero-order valence-corrected chi connectivity index (χ0v) is 16.8. The fraction of sp³-hybridized carbons (Fsp3) is 0.182. The van der Waals surface area contributed by atoms with Crippen molar-refractivity contribution in [3.05, 3.63) is 76.9 Å². The van der Waals surface area contributed by atoms with Crippen LogP contribution in [0.5, 0.6) is 0 Å². The van der Waals surface area contributed by atoms with Gasteiger partial charge in [-0.05, 0) is 78.8 Å². The Labute approximate surface area is 161 Å². The maximum Gasteiger partial charge on any atom is 0.310 e. The lowest BCUT2D eigenvalue weighted by Gasteiger charge is -2.40. The zero-order chi connectivity index (χ0) is 21.0. The number of hydrogen-bond acceptors (Lipinski definition) is 0. The van der Waals surface area contributed by atoms with E-state index in [2.05, 4.69) is 12.1 Å². The molecule has 0 aliphatic carbocycles. The summed E-state index contributed by atoms with van der Waals surface area (Å²) >= 11 is 0. The van der Waals surface area contributed by atoms with Crippen LogP contribution in [0.3, 0.4) is 0 Å². The van der Waals surface area contributed by atoms with Gasteiger partial charge in [0.05, 0.1) is 0 Å². The Morgan fingerprint density at radius 2 is 1.07 bits per heavy atom. The molecule has 0 saturated heterocycles. The van der Waals surface area contributed by atoms with Gasteiger partial charge in [0.2, 0.25) is 0 Å². The Bertz CT molecular complexity index is 1040. The van der Waals surface area contributed by atoms with Crippen LogP contribution in [-0.2, 0) is 0 Å². The predicted molar refractivity (Wildman–Crippen MR) is 108 cm³/mol. The van der Waals surface area contributed by atoms with E-state index in [1.165, 1.54) is 5.56 Å². The van der Waals surface area contributed by atoms with Crippen LogP contribution in [0.1, 0.15) is 22.3 Å². The van der Waals surface area contributed by atoms with E-state index in [1.54, 1.807) is 0 Å². The number of benzene rings is 3. The molecule has 0 heterocycles. The quantitative estimate of drug-likeness (QED) is 0.377. The van der Waals surface area contributed by atoms with Crippen LogP contribution in [0.15, 0.2) is 59.5 Å². The van der Waals surface area contributed by atoms with E-state index >= 15 is 0 Å². The molecule has 0 aromatic heterocycles. The van der Waals surface area contributed by atoms with Crippen LogP contribution >= 0.6 is 10.2 Å². The first-order chi connectivity index (χ1) is 12.7. The molecule has 0 atom stereocenters. The van der Waals surface area contributed by atoms with E-state index in [0.717, 1.165) is 39.9 Å². The molecule has 0 aliphatic heterocycles. The lowest BCUT2D eigenvalue weighted by atomic mass is 9.90. The monoisotopic (exact) mass is 412 g/mol. The Morgan fingerprint density at radius 3 is 1.54 bits per heavy atom. The topological polar surface area (TPSA) is 0 Å². The molecule has 3 aromatic carbocycles. The summed E-state index contributed by atoms with van der Waals surface area (Å²) in [6.45, 7) is 7.97. The molecule has 3 rings (SSSR count). The highest BCUT2D eigenvalue weighted by atomic mass is 32.5. The standard InChI is InChI=1S/C22H21F5S/c1-14-11-16(3)22(17(4)12-14)19-7-10-21(15(2)13-19)18-5-8-20(9-6-18)28(23,24,25,26)27/h5-13H,1-4H3. The highest BCUT2D eigenvalue weighted by Crippen LogP contribution is 3.02. The number of rotatable bonds is 3. The molecule has 6 heteroatoms. The summed E-state index contributed by atoms with van der Waals surface area (Å²) in [5.41, 5.74) is 7.63. The van der Waals surface area contributed by atoms with Crippen LogP contribution in [-0.4, -0.2) is 0 Å². The maximum absolute atomic E-state index is 12.9. The van der Waals surface area contributed by atoms with Crippen LogP contribution in [0.2, 0.25) is 0 Å². The molecule has 0 nitrogen and oxygen atoms in total. The summed E-state index contributed by atoms with van der Waals surface area (Å²) in [6, 6.07) is 13.0. The second-order valence-electron chi connectivity index (χ2n) is 7.30. The highest BCUT2D eigenvalue weighted by Gasteiger charge is 2.65. The van der Waals surface area contributed by atoms with Crippen molar-refractivity contribution in [3.8, 4) is 22.3 Å². The first kappa shape index (κ1) is 20.4. The molecular formula is C22H21F5S. The number of aryl methyl sites for hydroxylation is 4. The van der Waals surface area contributed by atoms with Gasteiger partial charge >= 0.3 is 10.2 Å². The summed E-state index contributed by atoms with van der Waals surface area (Å²) in [5.74, 6) is 0. The predicted octanol–water partition coefficient (Wildman–Crippen LogP) is 8.91. The van der Waals surface area contributed by atoms with E-state index in [4.69, 9.17) is 0 Å². The lowest BCUT2D eigenvalue weighted by molar-refractivity contribution is 0.364. The van der Waals surface area contributed by atoms with Gasteiger partial charge in [-0.15, -0.1) is 0 Å². The van der Waals surface area contributed by atoms with Crippen molar-refractivity contribution in [2.75, 3.05) is 0 Å². The highest BCUT2D eigenvalue weighted by molar-refractivity contribution is 8.45. The molecule has 0 bridgehead atoms. The summed E-state index contributed by atoms with van der Waals surface area (Å²) < 4.78 is 64.5. The van der Waals surface area contributed by atoms with Gasteiger partial charge in [0.1, 0.15) is 4.90 Å². The minimum Gasteiger partial charge on any atom is -0.0936 e. The van der Waals surface area contributed by atoms with Crippen molar-refractivity contribution in [2.45, 2.75) is 32.6 Å². The van der Waals surface area contributed by atoms with Gasteiger partial charge < -0.3 is 0 Å². The lowest BCUT2D eigenvalue weighted by Crippen LogP contribution is -2.05. The van der Waals surface area contributed by atoms with Gasteiger partial charge in [-0.25, -0.2) is 0 Å². The van der Waals surface area contributed by atoms with Gasteiger partial charge in [-0.1, -0.05) is 67.5 Å². The van der Waals surface area contributed by atoms with Crippen LogP contribution < -0.4 is 0 Å². The number of hydrogen-bond donors (Lipinski definition) is 0. The second-order valence-corrected chi connectivity index (χ2v) is 9.71. The van der Waals surface area contributed by atoms with Crippen molar-refractivity contribution in [3.63, 3.8) is 0 Å². The third kappa shape index (κ3) is 4.07. The maximum atomic E-state index is 12.9. The molecular weight excluding hydrogens is 391 g/mol. The van der Waals surface area contributed by atoms with Gasteiger partial charge in [0, 0.05) is 0 Å². The fourth-order valence-corrected chi connectivity index (χ4v) is 4.32. The zero-order valence-electron chi connectivity index (χ0n) is 16.0. The van der Waals surface area contributed by atoms with Gasteiger partial charge in [0.25, 0.3) is 0 Å². The Morgan fingerprint density at radius 1 is 0.571 bits per heavy atom. The van der Waals surface area contributed by atoms with E-state index in [-0.39, 0.29) is 0 Å². The van der Waals surface area contributed by atoms with Gasteiger partial charge in [0.15, 0.2) is 0 Å². The summed E-state index contributed by atoms with van der Waals surface area (Å²) in [5, 5.41) is 0. The van der Waals surface area contributed by atoms with E-state index in [0.29, 0.717) is 23.3 Å². The molecule has 0 saturated carbocycles. The average Bonchev–Trinajstić information content (AvgIpc) is 2.52. The molecule has 0 N–H and O–H groups in total. The first-order valence-corrected chi connectivity index (χ1v) is 10.6. The van der Waals surface area contributed by atoms with Crippen molar-refractivity contribution in [1.82, 2.24) is 0 Å².